The lowest BCUT2D eigenvalue weighted by Crippen LogP contribution is -2.19. The first-order valence-electron chi connectivity index (χ1n) is 8.08. The zero-order valence-corrected chi connectivity index (χ0v) is 15.2. The second kappa shape index (κ2) is 9.13. The molecule has 0 amide bonds. The predicted octanol–water partition coefficient (Wildman–Crippen LogP) is 1.70. The molecule has 1 N–H and O–H groups in total. The molecule has 4 heteroatoms. The number of rotatable bonds is 9. The van der Waals surface area contributed by atoms with Gasteiger partial charge < -0.3 is 19.8 Å². The lowest BCUT2D eigenvalue weighted by atomic mass is 9.95. The van der Waals surface area contributed by atoms with Gasteiger partial charge in [-0.15, -0.1) is 0 Å². The third-order valence-corrected chi connectivity index (χ3v) is 3.93. The summed E-state index contributed by atoms with van der Waals surface area (Å²) in [5.41, 5.74) is 3.48. The summed E-state index contributed by atoms with van der Waals surface area (Å²) in [5, 5.41) is 10.7. The predicted molar refractivity (Wildman–Crippen MR) is 94.9 cm³/mol. The molecule has 1 aromatic carbocycles. The maximum Gasteiger partial charge on any atom is 0.122 e. The average molecular weight is 307 g/mol. The quantitative estimate of drug-likeness (QED) is 0.752. The Hall–Kier alpha value is -1.10. The zero-order valence-electron chi connectivity index (χ0n) is 15.2. The molecule has 0 atom stereocenters. The highest BCUT2D eigenvalue weighted by molar-refractivity contribution is 5.46. The Kier molecular flexibility index (Phi) is 7.87. The molecule has 4 nitrogen and oxygen atoms in total. The van der Waals surface area contributed by atoms with E-state index < -0.39 is 0 Å². The molecule has 0 aliphatic heterocycles. The number of phenolic OH excluding ortho intramolecular Hbond substituents is 1. The molecule has 0 spiro atoms. The lowest BCUT2D eigenvalue weighted by molar-refractivity contribution is 0.393. The maximum atomic E-state index is 10.7. The van der Waals surface area contributed by atoms with Crippen LogP contribution in [0.3, 0.4) is 0 Å². The largest absolute Gasteiger partial charge is 0.507 e. The van der Waals surface area contributed by atoms with Crippen molar-refractivity contribution in [1.82, 2.24) is 14.7 Å². The van der Waals surface area contributed by atoms with Crippen LogP contribution in [0.2, 0.25) is 0 Å². The Labute approximate surface area is 136 Å². The minimum absolute atomic E-state index is 0.514. The molecule has 0 aromatic heterocycles. The molecular weight excluding hydrogens is 274 g/mol. The van der Waals surface area contributed by atoms with Gasteiger partial charge in [0.05, 0.1) is 0 Å². The molecule has 126 valence electrons. The maximum absolute atomic E-state index is 10.7. The monoisotopic (exact) mass is 307 g/mol. The van der Waals surface area contributed by atoms with Crippen molar-refractivity contribution in [3.05, 3.63) is 28.8 Å². The molecule has 0 heterocycles. The third-order valence-electron chi connectivity index (χ3n) is 3.93. The molecule has 0 fully saturated rings. The van der Waals surface area contributed by atoms with Crippen LogP contribution in [-0.4, -0.2) is 81.7 Å². The summed E-state index contributed by atoms with van der Waals surface area (Å²) < 4.78 is 0. The minimum Gasteiger partial charge on any atom is -0.507 e. The van der Waals surface area contributed by atoms with Gasteiger partial charge in [0, 0.05) is 19.6 Å². The van der Waals surface area contributed by atoms with Gasteiger partial charge in [-0.25, -0.2) is 0 Å². The molecule has 0 bridgehead atoms. The van der Waals surface area contributed by atoms with E-state index in [1.165, 1.54) is 5.56 Å². The molecule has 0 radical (unpaired) electrons. The second-order valence-electron chi connectivity index (χ2n) is 6.87. The average Bonchev–Trinajstić information content (AvgIpc) is 2.42. The Bertz CT molecular complexity index is 456. The first-order valence-corrected chi connectivity index (χ1v) is 8.08. The van der Waals surface area contributed by atoms with Gasteiger partial charge in [0.2, 0.25) is 0 Å². The van der Waals surface area contributed by atoms with Crippen LogP contribution in [-0.2, 0) is 19.3 Å². The Balaban J connectivity index is 2.97. The van der Waals surface area contributed by atoms with Gasteiger partial charge in [-0.2, -0.15) is 0 Å². The molecule has 0 aliphatic carbocycles. The number of hydrogen-bond acceptors (Lipinski definition) is 4. The molecule has 0 unspecified atom stereocenters. The summed E-state index contributed by atoms with van der Waals surface area (Å²) in [6.45, 7) is 2.92. The van der Waals surface area contributed by atoms with E-state index in [1.54, 1.807) is 0 Å². The number of likely N-dealkylation sites (N-methyl/N-ethyl adjacent to an activating group) is 3. The van der Waals surface area contributed by atoms with E-state index in [-0.39, 0.29) is 0 Å². The van der Waals surface area contributed by atoms with Crippen LogP contribution in [0.15, 0.2) is 12.1 Å². The highest BCUT2D eigenvalue weighted by Gasteiger charge is 2.13. The summed E-state index contributed by atoms with van der Waals surface area (Å²) in [6, 6.07) is 4.31. The zero-order chi connectivity index (χ0) is 16.7. The first-order chi connectivity index (χ1) is 10.3. The fourth-order valence-corrected chi connectivity index (χ4v) is 2.47. The fourth-order valence-electron chi connectivity index (χ4n) is 2.47. The summed E-state index contributed by atoms with van der Waals surface area (Å²) in [4.78, 5) is 6.51. The van der Waals surface area contributed by atoms with Gasteiger partial charge in [0.15, 0.2) is 0 Å². The van der Waals surface area contributed by atoms with Crippen LogP contribution in [0.1, 0.15) is 16.7 Å². The number of nitrogens with zero attached hydrogens (tertiary/aromatic N) is 3. The topological polar surface area (TPSA) is 30.0 Å². The Morgan fingerprint density at radius 1 is 0.682 bits per heavy atom. The van der Waals surface area contributed by atoms with E-state index in [0.29, 0.717) is 5.75 Å². The van der Waals surface area contributed by atoms with Crippen molar-refractivity contribution in [3.63, 3.8) is 0 Å². The van der Waals surface area contributed by atoms with Crippen LogP contribution in [0.25, 0.3) is 0 Å². The first kappa shape index (κ1) is 18.9. The number of phenols is 1. The number of benzene rings is 1. The Morgan fingerprint density at radius 2 is 1.09 bits per heavy atom. The standard InChI is InChI=1S/C18H33N3O/c1-19(2)12-9-15-7-8-16(10-13-20(3)4)18(22)17(15)11-14-21(5)6/h7-8,22H,9-14H2,1-6H3. The van der Waals surface area contributed by atoms with E-state index in [1.807, 2.05) is 0 Å². The van der Waals surface area contributed by atoms with Gasteiger partial charge in [-0.05, 0) is 78.2 Å². The number of hydrogen-bond donors (Lipinski definition) is 1. The number of aromatic hydroxyl groups is 1. The molecule has 0 aliphatic rings. The van der Waals surface area contributed by atoms with Crippen LogP contribution < -0.4 is 0 Å². The molecule has 22 heavy (non-hydrogen) atoms. The van der Waals surface area contributed by atoms with Crippen molar-refractivity contribution in [2.75, 3.05) is 61.9 Å². The van der Waals surface area contributed by atoms with Crippen molar-refractivity contribution < 1.29 is 5.11 Å². The van der Waals surface area contributed by atoms with Crippen molar-refractivity contribution >= 4 is 0 Å². The molecule has 0 saturated heterocycles. The van der Waals surface area contributed by atoms with E-state index in [2.05, 4.69) is 69.1 Å². The molecule has 0 saturated carbocycles. The van der Waals surface area contributed by atoms with Gasteiger partial charge in [0.25, 0.3) is 0 Å². The summed E-state index contributed by atoms with van der Waals surface area (Å²) in [7, 11) is 12.5. The highest BCUT2D eigenvalue weighted by Crippen LogP contribution is 2.28. The van der Waals surface area contributed by atoms with E-state index in [9.17, 15) is 5.11 Å². The second-order valence-corrected chi connectivity index (χ2v) is 6.87. The lowest BCUT2D eigenvalue weighted by Gasteiger charge is -2.19. The normalized spacial score (nSPS) is 11.9. The third kappa shape index (κ3) is 6.34. The van der Waals surface area contributed by atoms with Gasteiger partial charge in [-0.1, -0.05) is 12.1 Å². The van der Waals surface area contributed by atoms with Gasteiger partial charge in [0.1, 0.15) is 5.75 Å². The fraction of sp³-hybridized carbons (Fsp3) is 0.667. The van der Waals surface area contributed by atoms with Gasteiger partial charge >= 0.3 is 0 Å². The van der Waals surface area contributed by atoms with Crippen molar-refractivity contribution in [2.45, 2.75) is 19.3 Å². The summed E-state index contributed by atoms with van der Waals surface area (Å²) in [6.07, 6.45) is 2.77. The van der Waals surface area contributed by atoms with Crippen molar-refractivity contribution in [3.8, 4) is 5.75 Å². The summed E-state index contributed by atoms with van der Waals surface area (Å²) in [5.74, 6) is 0.514. The van der Waals surface area contributed by atoms with Crippen LogP contribution in [0.5, 0.6) is 5.75 Å². The minimum atomic E-state index is 0.514. The Morgan fingerprint density at radius 3 is 1.59 bits per heavy atom. The van der Waals surface area contributed by atoms with Crippen molar-refractivity contribution in [2.24, 2.45) is 0 Å². The van der Waals surface area contributed by atoms with Crippen LogP contribution in [0.4, 0.5) is 0 Å². The molecular formula is C18H33N3O. The highest BCUT2D eigenvalue weighted by atomic mass is 16.3. The van der Waals surface area contributed by atoms with Crippen molar-refractivity contribution in [1.29, 1.82) is 0 Å². The van der Waals surface area contributed by atoms with E-state index in [4.69, 9.17) is 0 Å². The van der Waals surface area contributed by atoms with Crippen LogP contribution >= 0.6 is 0 Å². The van der Waals surface area contributed by atoms with E-state index >= 15 is 0 Å². The smallest absolute Gasteiger partial charge is 0.122 e. The molecule has 1 aromatic rings. The summed E-state index contributed by atoms with van der Waals surface area (Å²) >= 11 is 0. The molecule has 1 rings (SSSR count). The van der Waals surface area contributed by atoms with E-state index in [0.717, 1.165) is 50.0 Å². The van der Waals surface area contributed by atoms with Gasteiger partial charge in [-0.3, -0.25) is 0 Å². The van der Waals surface area contributed by atoms with Crippen LogP contribution in [0, 0.1) is 0 Å². The SMILES string of the molecule is CN(C)CCc1ccc(CCN(C)C)c(CCN(C)C)c1O.